The quantitative estimate of drug-likeness (QED) is 0.311. The molecule has 4 heterocycles. The van der Waals surface area contributed by atoms with E-state index in [0.717, 1.165) is 11.1 Å². The van der Waals surface area contributed by atoms with E-state index in [2.05, 4.69) is 13.0 Å². The summed E-state index contributed by atoms with van der Waals surface area (Å²) in [4.78, 5) is 26.0. The number of fused-ring (bicyclic) bond motifs is 1. The fraction of sp³-hybridized carbons (Fsp3) is 0.655. The van der Waals surface area contributed by atoms with Gasteiger partial charge in [-0.15, -0.1) is 0 Å². The number of hydrogen-bond donors (Lipinski definition) is 1. The first-order chi connectivity index (χ1) is 18.1. The number of aliphatic hydroxyl groups is 1. The molecule has 0 aromatic rings. The molecule has 206 valence electrons. The number of carbonyl (C=O) groups excluding carboxylic acids is 2. The lowest BCUT2D eigenvalue weighted by atomic mass is 9.51. The minimum atomic E-state index is -0.786. The van der Waals surface area contributed by atoms with E-state index in [4.69, 9.17) is 28.4 Å². The SMILES string of the molecule is CC1=C[C@H]2OC3C[C@H]4OC(=O)/C=C\C=C/C(C(C)O)OCC/C(C)=C\C(=O)OC[C@@]2([C@@H]2OC12)C4(C)[C@]31CO1. The molecule has 6 rings (SSSR count). The lowest BCUT2D eigenvalue weighted by Crippen LogP contribution is -2.69. The van der Waals surface area contributed by atoms with Crippen molar-refractivity contribution in [3.63, 3.8) is 0 Å². The molecular formula is C29H36O9. The van der Waals surface area contributed by atoms with E-state index in [-0.39, 0.29) is 31.0 Å². The molecule has 5 unspecified atom stereocenters. The largest absolute Gasteiger partial charge is 0.462 e. The molecule has 1 N–H and O–H groups in total. The van der Waals surface area contributed by atoms with Crippen molar-refractivity contribution in [1.82, 2.24) is 0 Å². The topological polar surface area (TPSA) is 116 Å². The highest BCUT2D eigenvalue weighted by molar-refractivity contribution is 5.83. The zero-order valence-electron chi connectivity index (χ0n) is 22.3. The summed E-state index contributed by atoms with van der Waals surface area (Å²) in [6, 6.07) is 0. The highest BCUT2D eigenvalue weighted by Crippen LogP contribution is 2.74. The molecular weight excluding hydrogens is 492 g/mol. The van der Waals surface area contributed by atoms with Crippen LogP contribution in [-0.4, -0.2) is 85.2 Å². The highest BCUT2D eigenvalue weighted by atomic mass is 16.7. The Morgan fingerprint density at radius 2 is 1.87 bits per heavy atom. The van der Waals surface area contributed by atoms with E-state index in [9.17, 15) is 14.7 Å². The molecule has 10 atom stereocenters. The first-order valence-corrected chi connectivity index (χ1v) is 13.4. The summed E-state index contributed by atoms with van der Waals surface area (Å²) in [6.45, 7) is 8.45. The number of cyclic esters (lactones) is 1. The number of esters is 2. The monoisotopic (exact) mass is 528 g/mol. The van der Waals surface area contributed by atoms with Crippen molar-refractivity contribution in [3.05, 3.63) is 47.6 Å². The Bertz CT molecular complexity index is 1130. The Kier molecular flexibility index (Phi) is 6.23. The molecule has 0 radical (unpaired) electrons. The lowest BCUT2D eigenvalue weighted by molar-refractivity contribution is -0.235. The molecule has 0 aromatic heterocycles. The van der Waals surface area contributed by atoms with Gasteiger partial charge in [0.25, 0.3) is 0 Å². The second kappa shape index (κ2) is 9.13. The fourth-order valence-electron chi connectivity index (χ4n) is 7.26. The van der Waals surface area contributed by atoms with Crippen LogP contribution < -0.4 is 0 Å². The Labute approximate surface area is 222 Å². The van der Waals surface area contributed by atoms with Gasteiger partial charge in [-0.05, 0) is 32.8 Å². The molecule has 2 bridgehead atoms. The summed E-state index contributed by atoms with van der Waals surface area (Å²) in [5.41, 5.74) is -0.222. The van der Waals surface area contributed by atoms with Crippen LogP contribution in [0.25, 0.3) is 0 Å². The maximum absolute atomic E-state index is 13.0. The fourth-order valence-corrected chi connectivity index (χ4v) is 7.26. The van der Waals surface area contributed by atoms with E-state index >= 15 is 0 Å². The van der Waals surface area contributed by atoms with Gasteiger partial charge >= 0.3 is 11.9 Å². The number of hydrogen-bond acceptors (Lipinski definition) is 9. The van der Waals surface area contributed by atoms with E-state index in [0.29, 0.717) is 26.1 Å². The first-order valence-electron chi connectivity index (χ1n) is 13.4. The van der Waals surface area contributed by atoms with Crippen LogP contribution in [0.5, 0.6) is 0 Å². The summed E-state index contributed by atoms with van der Waals surface area (Å²) in [6.07, 6.45) is 8.09. The van der Waals surface area contributed by atoms with Gasteiger partial charge < -0.3 is 33.5 Å². The number of rotatable bonds is 1. The molecule has 4 fully saturated rings. The van der Waals surface area contributed by atoms with E-state index in [1.54, 1.807) is 25.2 Å². The predicted octanol–water partition coefficient (Wildman–Crippen LogP) is 2.33. The molecule has 2 aliphatic carbocycles. The Balaban J connectivity index is 1.38. The van der Waals surface area contributed by atoms with Crippen molar-refractivity contribution in [3.8, 4) is 0 Å². The molecule has 6 aliphatic rings. The second-order valence-corrected chi connectivity index (χ2v) is 11.7. The number of aliphatic hydroxyl groups excluding tert-OH is 1. The Hall–Kier alpha value is -2.30. The van der Waals surface area contributed by atoms with Gasteiger partial charge in [0, 0.05) is 18.6 Å². The van der Waals surface area contributed by atoms with Crippen LogP contribution in [0.15, 0.2) is 47.6 Å². The number of carbonyl (C=O) groups is 2. The Morgan fingerprint density at radius 3 is 2.61 bits per heavy atom. The van der Waals surface area contributed by atoms with Crippen molar-refractivity contribution < 1.29 is 43.1 Å². The molecule has 1 saturated carbocycles. The summed E-state index contributed by atoms with van der Waals surface area (Å²) in [7, 11) is 0. The summed E-state index contributed by atoms with van der Waals surface area (Å²) in [5, 5.41) is 10.1. The minimum absolute atomic E-state index is 0.0484. The summed E-state index contributed by atoms with van der Waals surface area (Å²) in [5.74, 6) is -0.948. The van der Waals surface area contributed by atoms with Gasteiger partial charge in [0.05, 0.1) is 42.4 Å². The van der Waals surface area contributed by atoms with Gasteiger partial charge in [0.1, 0.15) is 36.6 Å². The third-order valence-corrected chi connectivity index (χ3v) is 9.58. The second-order valence-electron chi connectivity index (χ2n) is 11.7. The van der Waals surface area contributed by atoms with E-state index < -0.39 is 46.7 Å². The van der Waals surface area contributed by atoms with Gasteiger partial charge in [-0.3, -0.25) is 0 Å². The van der Waals surface area contributed by atoms with Crippen LogP contribution in [-0.2, 0) is 38.0 Å². The van der Waals surface area contributed by atoms with Crippen molar-refractivity contribution in [2.24, 2.45) is 10.8 Å². The van der Waals surface area contributed by atoms with Crippen LogP contribution >= 0.6 is 0 Å². The zero-order valence-corrected chi connectivity index (χ0v) is 22.3. The third kappa shape index (κ3) is 3.78. The molecule has 9 heteroatoms. The third-order valence-electron chi connectivity index (χ3n) is 9.58. The highest BCUT2D eigenvalue weighted by Gasteiger charge is 2.87. The average molecular weight is 529 g/mol. The number of epoxide rings is 2. The molecule has 3 saturated heterocycles. The van der Waals surface area contributed by atoms with Crippen LogP contribution in [0.1, 0.15) is 40.5 Å². The molecule has 38 heavy (non-hydrogen) atoms. The molecule has 0 amide bonds. The van der Waals surface area contributed by atoms with Crippen LogP contribution in [0.3, 0.4) is 0 Å². The summed E-state index contributed by atoms with van der Waals surface area (Å²) >= 11 is 0. The standard InChI is InChI=1S/C29H36O9/c1-16-9-10-33-19(18(3)30)7-5-6-8-23(31)37-20-13-22-29(15-35-29)27(20,4)28(14-34-24(32)11-16)21(36-22)12-17(2)25-26(28)38-25/h5-8,11-12,18-22,25-26,30H,9-10,13-15H2,1-4H3/b7-5-,8-6-,16-11-/t18?,19?,20-,21-,22?,25?,26-,27?,28-,29+/m1/s1. The zero-order chi connectivity index (χ0) is 26.9. The van der Waals surface area contributed by atoms with Crippen LogP contribution in [0.4, 0.5) is 0 Å². The van der Waals surface area contributed by atoms with E-state index in [1.807, 2.05) is 13.8 Å². The maximum Gasteiger partial charge on any atom is 0.331 e. The van der Waals surface area contributed by atoms with Gasteiger partial charge in [0.2, 0.25) is 0 Å². The average Bonchev–Trinajstić information content (AvgIpc) is 3.76. The van der Waals surface area contributed by atoms with Gasteiger partial charge in [-0.25, -0.2) is 9.59 Å². The molecule has 4 aliphatic heterocycles. The molecule has 0 aromatic carbocycles. The maximum atomic E-state index is 13.0. The Morgan fingerprint density at radius 1 is 1.08 bits per heavy atom. The normalized spacial score (nSPS) is 50.0. The predicted molar refractivity (Wildman–Crippen MR) is 134 cm³/mol. The molecule has 2 spiro atoms. The lowest BCUT2D eigenvalue weighted by Gasteiger charge is -2.57. The van der Waals surface area contributed by atoms with Crippen molar-refractivity contribution in [2.75, 3.05) is 19.8 Å². The van der Waals surface area contributed by atoms with Gasteiger partial charge in [0.15, 0.2) is 0 Å². The number of ether oxygens (including phenoxy) is 6. The molecule has 9 nitrogen and oxygen atoms in total. The van der Waals surface area contributed by atoms with Crippen LogP contribution in [0, 0.1) is 10.8 Å². The van der Waals surface area contributed by atoms with Crippen LogP contribution in [0.2, 0.25) is 0 Å². The van der Waals surface area contributed by atoms with Crippen molar-refractivity contribution >= 4 is 11.9 Å². The summed E-state index contributed by atoms with van der Waals surface area (Å²) < 4.78 is 36.8. The first kappa shape index (κ1) is 26.0. The van der Waals surface area contributed by atoms with E-state index in [1.165, 1.54) is 12.2 Å². The number of allylic oxidation sites excluding steroid dienone is 2. The minimum Gasteiger partial charge on any atom is -0.462 e. The van der Waals surface area contributed by atoms with Gasteiger partial charge in [-0.2, -0.15) is 0 Å². The van der Waals surface area contributed by atoms with Crippen molar-refractivity contribution in [1.29, 1.82) is 0 Å². The van der Waals surface area contributed by atoms with Crippen molar-refractivity contribution in [2.45, 2.75) is 88.9 Å². The van der Waals surface area contributed by atoms with Gasteiger partial charge in [-0.1, -0.05) is 36.8 Å². The smallest absolute Gasteiger partial charge is 0.331 e.